The lowest BCUT2D eigenvalue weighted by Gasteiger charge is -2.25. The maximum atomic E-state index is 2.29. The van der Waals surface area contributed by atoms with E-state index in [-0.39, 0.29) is 0 Å². The number of benzene rings is 5. The highest BCUT2D eigenvalue weighted by Gasteiger charge is 2.12. The maximum Gasteiger partial charge on any atom is 0.0462 e. The zero-order valence-corrected chi connectivity index (χ0v) is 24.3. The summed E-state index contributed by atoms with van der Waals surface area (Å²) in [4.78, 5) is 6.52. The summed E-state index contributed by atoms with van der Waals surface area (Å²) >= 11 is 0. The van der Waals surface area contributed by atoms with E-state index >= 15 is 0 Å². The first kappa shape index (κ1) is 27.5. The van der Waals surface area contributed by atoms with Crippen LogP contribution in [0.4, 0.5) is 28.4 Å². The molecule has 0 radical (unpaired) electrons. The normalized spacial score (nSPS) is 11.2. The molecule has 5 aromatic carbocycles. The van der Waals surface area contributed by atoms with Gasteiger partial charge in [-0.25, -0.2) is 0 Å². The zero-order chi connectivity index (χ0) is 28.6. The number of rotatable bonds is 9. The average molecular weight is 536 g/mol. The molecular formula is C38H37N3. The summed E-state index contributed by atoms with van der Waals surface area (Å²) in [6.07, 6.45) is 8.64. The summed E-state index contributed by atoms with van der Waals surface area (Å²) in [6, 6.07) is 45.1. The van der Waals surface area contributed by atoms with E-state index in [1.807, 2.05) is 0 Å². The molecule has 0 atom stereocenters. The molecule has 0 aliphatic carbocycles. The molecule has 0 spiro atoms. The van der Waals surface area contributed by atoms with E-state index in [0.29, 0.717) is 0 Å². The third-order valence-corrected chi connectivity index (χ3v) is 7.07. The fourth-order valence-electron chi connectivity index (χ4n) is 4.65. The van der Waals surface area contributed by atoms with Crippen LogP contribution in [0.1, 0.15) is 22.3 Å². The van der Waals surface area contributed by atoms with Crippen molar-refractivity contribution in [3.63, 3.8) is 0 Å². The third kappa shape index (κ3) is 7.14. The van der Waals surface area contributed by atoms with Crippen molar-refractivity contribution in [2.24, 2.45) is 0 Å². The molecule has 0 saturated heterocycles. The minimum atomic E-state index is 1.12. The van der Waals surface area contributed by atoms with Crippen molar-refractivity contribution in [2.45, 2.75) is 0 Å². The highest BCUT2D eigenvalue weighted by Crippen LogP contribution is 2.34. The Bertz CT molecular complexity index is 1470. The minimum Gasteiger partial charge on any atom is -0.378 e. The van der Waals surface area contributed by atoms with Gasteiger partial charge in [0.1, 0.15) is 0 Å². The summed E-state index contributed by atoms with van der Waals surface area (Å²) in [6.45, 7) is 0. The Hall–Kier alpha value is -5.02. The highest BCUT2D eigenvalue weighted by atomic mass is 15.1. The standard InChI is InChI=1S/C38H37N3/c1-39(2)34-22-14-30(15-23-34)10-12-32-18-26-37(27-19-32)41(36-8-6-5-7-9-36)38-28-20-33(21-29-38)13-11-31-16-24-35(25-17-31)40(3)4/h5-29H,1-4H3/b12-10+,13-11+. The second-order valence-electron chi connectivity index (χ2n) is 10.5. The monoisotopic (exact) mass is 535 g/mol. The van der Waals surface area contributed by atoms with Crippen molar-refractivity contribution >= 4 is 52.7 Å². The second-order valence-corrected chi connectivity index (χ2v) is 10.5. The van der Waals surface area contributed by atoms with Crippen molar-refractivity contribution in [1.29, 1.82) is 0 Å². The lowest BCUT2D eigenvalue weighted by atomic mass is 10.1. The van der Waals surface area contributed by atoms with Crippen LogP contribution >= 0.6 is 0 Å². The number of hydrogen-bond donors (Lipinski definition) is 0. The van der Waals surface area contributed by atoms with Gasteiger partial charge < -0.3 is 14.7 Å². The Balaban J connectivity index is 1.34. The van der Waals surface area contributed by atoms with E-state index < -0.39 is 0 Å². The van der Waals surface area contributed by atoms with Crippen LogP contribution < -0.4 is 14.7 Å². The van der Waals surface area contributed by atoms with E-state index in [2.05, 4.69) is 195 Å². The van der Waals surface area contributed by atoms with Crippen molar-refractivity contribution in [3.8, 4) is 0 Å². The van der Waals surface area contributed by atoms with Crippen LogP contribution in [0, 0.1) is 0 Å². The lowest BCUT2D eigenvalue weighted by Crippen LogP contribution is -2.09. The molecule has 3 heteroatoms. The van der Waals surface area contributed by atoms with E-state index in [4.69, 9.17) is 0 Å². The van der Waals surface area contributed by atoms with Gasteiger partial charge in [-0.2, -0.15) is 0 Å². The quantitative estimate of drug-likeness (QED) is 0.174. The number of nitrogens with zero attached hydrogens (tertiary/aromatic N) is 3. The fourth-order valence-corrected chi connectivity index (χ4v) is 4.65. The molecule has 5 aromatic rings. The Kier molecular flexibility index (Phi) is 8.66. The van der Waals surface area contributed by atoms with Crippen molar-refractivity contribution in [3.05, 3.63) is 150 Å². The first-order valence-electron chi connectivity index (χ1n) is 13.9. The molecule has 0 heterocycles. The SMILES string of the molecule is CN(C)c1ccc(/C=C/c2ccc(N(c3ccccc3)c3ccc(/C=C/c4ccc(N(C)C)cc4)cc3)cc2)cc1. The van der Waals surface area contributed by atoms with E-state index in [1.54, 1.807) is 0 Å². The summed E-state index contributed by atoms with van der Waals surface area (Å²) in [5.41, 5.74) is 10.5. The molecule has 0 saturated carbocycles. The first-order chi connectivity index (χ1) is 20.0. The van der Waals surface area contributed by atoms with E-state index in [0.717, 1.165) is 28.2 Å². The smallest absolute Gasteiger partial charge is 0.0462 e. The first-order valence-corrected chi connectivity index (χ1v) is 13.9. The highest BCUT2D eigenvalue weighted by molar-refractivity contribution is 5.79. The van der Waals surface area contributed by atoms with E-state index in [1.165, 1.54) is 22.5 Å². The summed E-state index contributed by atoms with van der Waals surface area (Å²) < 4.78 is 0. The Morgan fingerprint density at radius 1 is 0.317 bits per heavy atom. The van der Waals surface area contributed by atoms with E-state index in [9.17, 15) is 0 Å². The molecule has 0 fully saturated rings. The molecule has 5 rings (SSSR count). The third-order valence-electron chi connectivity index (χ3n) is 7.07. The van der Waals surface area contributed by atoms with Crippen LogP contribution in [-0.2, 0) is 0 Å². The summed E-state index contributed by atoms with van der Waals surface area (Å²) in [5.74, 6) is 0. The van der Waals surface area contributed by atoms with Gasteiger partial charge in [-0.05, 0) is 82.9 Å². The Morgan fingerprint density at radius 2 is 0.585 bits per heavy atom. The largest absolute Gasteiger partial charge is 0.378 e. The molecule has 0 unspecified atom stereocenters. The number of para-hydroxylation sites is 1. The topological polar surface area (TPSA) is 9.72 Å². The number of hydrogen-bond acceptors (Lipinski definition) is 3. The van der Waals surface area contributed by atoms with Crippen LogP contribution in [0.3, 0.4) is 0 Å². The lowest BCUT2D eigenvalue weighted by molar-refractivity contribution is 1.13. The zero-order valence-electron chi connectivity index (χ0n) is 24.3. The Labute approximate surface area is 244 Å². The van der Waals surface area contributed by atoms with Gasteiger partial charge in [-0.15, -0.1) is 0 Å². The van der Waals surface area contributed by atoms with Crippen LogP contribution in [0.5, 0.6) is 0 Å². The van der Waals surface area contributed by atoms with Gasteiger partial charge in [0.2, 0.25) is 0 Å². The van der Waals surface area contributed by atoms with Gasteiger partial charge in [-0.3, -0.25) is 0 Å². The molecule has 0 bridgehead atoms. The molecule has 0 amide bonds. The molecule has 0 aromatic heterocycles. The van der Waals surface area contributed by atoms with Crippen molar-refractivity contribution < 1.29 is 0 Å². The molecule has 204 valence electrons. The molecule has 0 aliphatic heterocycles. The van der Waals surface area contributed by atoms with Crippen LogP contribution in [0.25, 0.3) is 24.3 Å². The Morgan fingerprint density at radius 3 is 0.878 bits per heavy atom. The van der Waals surface area contributed by atoms with Crippen LogP contribution in [0.15, 0.2) is 127 Å². The molecule has 0 aliphatic rings. The summed E-state index contributed by atoms with van der Waals surface area (Å²) in [7, 11) is 8.23. The van der Waals surface area contributed by atoms with Crippen molar-refractivity contribution in [1.82, 2.24) is 0 Å². The fraction of sp³-hybridized carbons (Fsp3) is 0.105. The molecular weight excluding hydrogens is 498 g/mol. The summed E-state index contributed by atoms with van der Waals surface area (Å²) in [5, 5.41) is 0. The number of anilines is 5. The predicted octanol–water partition coefficient (Wildman–Crippen LogP) is 9.63. The molecule has 41 heavy (non-hydrogen) atoms. The minimum absolute atomic E-state index is 1.12. The van der Waals surface area contributed by atoms with Crippen molar-refractivity contribution in [2.75, 3.05) is 42.9 Å². The van der Waals surface area contributed by atoms with Gasteiger partial charge in [0.25, 0.3) is 0 Å². The van der Waals surface area contributed by atoms with Crippen LogP contribution in [0.2, 0.25) is 0 Å². The van der Waals surface area contributed by atoms with Gasteiger partial charge >= 0.3 is 0 Å². The van der Waals surface area contributed by atoms with Gasteiger partial charge in [0, 0.05) is 56.6 Å². The predicted molar refractivity (Wildman–Crippen MR) is 181 cm³/mol. The molecule has 3 nitrogen and oxygen atoms in total. The van der Waals surface area contributed by atoms with Gasteiger partial charge in [0.05, 0.1) is 0 Å². The van der Waals surface area contributed by atoms with Gasteiger partial charge in [-0.1, -0.05) is 91.0 Å². The van der Waals surface area contributed by atoms with Gasteiger partial charge in [0.15, 0.2) is 0 Å². The second kappa shape index (κ2) is 12.9. The van der Waals surface area contributed by atoms with Crippen LogP contribution in [-0.4, -0.2) is 28.2 Å². The molecule has 0 N–H and O–H groups in total. The average Bonchev–Trinajstić information content (AvgIpc) is 3.01. The maximum absolute atomic E-state index is 2.29.